The summed E-state index contributed by atoms with van der Waals surface area (Å²) in [5, 5.41) is 7.94. The van der Waals surface area contributed by atoms with Crippen LogP contribution in [0, 0.1) is 0 Å². The number of aryl methyl sites for hydroxylation is 1. The second-order valence-corrected chi connectivity index (χ2v) is 4.41. The summed E-state index contributed by atoms with van der Waals surface area (Å²) in [6.45, 7) is 4.15. The zero-order valence-electron chi connectivity index (χ0n) is 10.0. The molecule has 3 heteroatoms. The summed E-state index contributed by atoms with van der Waals surface area (Å²) in [4.78, 5) is 0. The predicted molar refractivity (Wildman–Crippen MR) is 66.1 cm³/mol. The molecule has 1 N–H and O–H groups in total. The Kier molecular flexibility index (Phi) is 4.17. The fourth-order valence-electron chi connectivity index (χ4n) is 2.15. The largest absolute Gasteiger partial charge is 0.308 e. The predicted octanol–water partition coefficient (Wildman–Crippen LogP) is 2.49. The van der Waals surface area contributed by atoms with Gasteiger partial charge in [0.15, 0.2) is 0 Å². The van der Waals surface area contributed by atoms with Gasteiger partial charge in [-0.05, 0) is 31.7 Å². The summed E-state index contributed by atoms with van der Waals surface area (Å²) < 4.78 is 2.10. The van der Waals surface area contributed by atoms with Crippen molar-refractivity contribution in [1.29, 1.82) is 0 Å². The van der Waals surface area contributed by atoms with E-state index in [1.807, 2.05) is 6.20 Å². The van der Waals surface area contributed by atoms with E-state index in [9.17, 15) is 0 Å². The lowest BCUT2D eigenvalue weighted by Crippen LogP contribution is -2.30. The van der Waals surface area contributed by atoms with Gasteiger partial charge < -0.3 is 5.32 Å². The lowest BCUT2D eigenvalue weighted by atomic mass is 10.0. The Morgan fingerprint density at radius 1 is 1.50 bits per heavy atom. The molecule has 0 saturated heterocycles. The van der Waals surface area contributed by atoms with Crippen LogP contribution in [0.1, 0.15) is 38.3 Å². The van der Waals surface area contributed by atoms with E-state index in [4.69, 9.17) is 0 Å². The molecule has 1 unspecified atom stereocenters. The van der Waals surface area contributed by atoms with Crippen LogP contribution in [-0.4, -0.2) is 15.8 Å². The van der Waals surface area contributed by atoms with Gasteiger partial charge >= 0.3 is 0 Å². The molecule has 1 aliphatic rings. The third kappa shape index (κ3) is 2.95. The molecule has 1 aromatic rings. The second kappa shape index (κ2) is 5.85. The number of allylic oxidation sites excluding steroid dienone is 1. The van der Waals surface area contributed by atoms with Crippen LogP contribution < -0.4 is 5.32 Å². The lowest BCUT2D eigenvalue weighted by molar-refractivity contribution is 0.456. The number of nitrogens with zero attached hydrogens (tertiary/aromatic N) is 2. The van der Waals surface area contributed by atoms with Crippen molar-refractivity contribution < 1.29 is 0 Å². The smallest absolute Gasteiger partial charge is 0.0522 e. The molecule has 0 saturated carbocycles. The molecule has 88 valence electrons. The van der Waals surface area contributed by atoms with Crippen molar-refractivity contribution in [3.05, 3.63) is 30.1 Å². The van der Waals surface area contributed by atoms with Gasteiger partial charge in [0.05, 0.1) is 5.69 Å². The average Bonchev–Trinajstić information content (AvgIpc) is 2.76. The Balaban J connectivity index is 1.84. The van der Waals surface area contributed by atoms with E-state index in [2.05, 4.69) is 40.2 Å². The highest BCUT2D eigenvalue weighted by atomic mass is 15.3. The fourth-order valence-corrected chi connectivity index (χ4v) is 2.15. The van der Waals surface area contributed by atoms with E-state index in [1.54, 1.807) is 0 Å². The van der Waals surface area contributed by atoms with Crippen molar-refractivity contribution in [1.82, 2.24) is 15.1 Å². The van der Waals surface area contributed by atoms with Crippen molar-refractivity contribution in [3.8, 4) is 0 Å². The molecule has 0 amide bonds. The summed E-state index contributed by atoms with van der Waals surface area (Å²) >= 11 is 0. The molecule has 0 spiro atoms. The zero-order chi connectivity index (χ0) is 11.2. The summed E-state index contributed by atoms with van der Waals surface area (Å²) in [7, 11) is 0. The van der Waals surface area contributed by atoms with Gasteiger partial charge in [-0.3, -0.25) is 4.68 Å². The minimum atomic E-state index is 0.648. The van der Waals surface area contributed by atoms with Gasteiger partial charge in [0.1, 0.15) is 0 Å². The Morgan fingerprint density at radius 2 is 2.44 bits per heavy atom. The zero-order valence-corrected chi connectivity index (χ0v) is 10.0. The molecule has 0 radical (unpaired) electrons. The minimum Gasteiger partial charge on any atom is -0.308 e. The van der Waals surface area contributed by atoms with Gasteiger partial charge in [-0.1, -0.05) is 19.1 Å². The Labute approximate surface area is 97.5 Å². The highest BCUT2D eigenvalue weighted by Gasteiger charge is 2.09. The van der Waals surface area contributed by atoms with Gasteiger partial charge in [-0.2, -0.15) is 5.10 Å². The van der Waals surface area contributed by atoms with Gasteiger partial charge in [0.2, 0.25) is 0 Å². The maximum Gasteiger partial charge on any atom is 0.0522 e. The highest BCUT2D eigenvalue weighted by Crippen LogP contribution is 2.11. The normalized spacial score (nSPS) is 20.2. The van der Waals surface area contributed by atoms with E-state index < -0.39 is 0 Å². The van der Waals surface area contributed by atoms with Crippen LogP contribution in [0.4, 0.5) is 0 Å². The Morgan fingerprint density at radius 3 is 3.19 bits per heavy atom. The SMILES string of the molecule is CCCn1nccc1CNC1CC=CCC1. The van der Waals surface area contributed by atoms with E-state index in [0.29, 0.717) is 6.04 Å². The molecule has 0 fully saturated rings. The molecule has 0 bridgehead atoms. The topological polar surface area (TPSA) is 29.9 Å². The molecule has 1 aromatic heterocycles. The monoisotopic (exact) mass is 219 g/mol. The molecule has 0 aromatic carbocycles. The van der Waals surface area contributed by atoms with E-state index in [1.165, 1.54) is 25.0 Å². The Hall–Kier alpha value is -1.09. The van der Waals surface area contributed by atoms with Crippen LogP contribution in [0.15, 0.2) is 24.4 Å². The molecule has 2 rings (SSSR count). The number of nitrogens with one attached hydrogen (secondary N) is 1. The summed E-state index contributed by atoms with van der Waals surface area (Å²) in [5.74, 6) is 0. The van der Waals surface area contributed by atoms with Crippen molar-refractivity contribution in [2.75, 3.05) is 0 Å². The first kappa shape index (κ1) is 11.4. The van der Waals surface area contributed by atoms with Gasteiger partial charge in [0.25, 0.3) is 0 Å². The summed E-state index contributed by atoms with van der Waals surface area (Å²) in [6.07, 6.45) is 11.2. The van der Waals surface area contributed by atoms with Crippen LogP contribution >= 0.6 is 0 Å². The number of hydrogen-bond acceptors (Lipinski definition) is 2. The van der Waals surface area contributed by atoms with Gasteiger partial charge in [-0.25, -0.2) is 0 Å². The lowest BCUT2D eigenvalue weighted by Gasteiger charge is -2.19. The quantitative estimate of drug-likeness (QED) is 0.771. The maximum absolute atomic E-state index is 4.33. The summed E-state index contributed by atoms with van der Waals surface area (Å²) in [5.41, 5.74) is 1.30. The van der Waals surface area contributed by atoms with Crippen LogP contribution in [0.3, 0.4) is 0 Å². The molecular weight excluding hydrogens is 198 g/mol. The second-order valence-electron chi connectivity index (χ2n) is 4.41. The Bertz CT molecular complexity index is 341. The van der Waals surface area contributed by atoms with Crippen molar-refractivity contribution >= 4 is 0 Å². The first-order valence-electron chi connectivity index (χ1n) is 6.29. The standard InChI is InChI=1S/C13H21N3/c1-2-10-16-13(8-9-15-16)11-14-12-6-4-3-5-7-12/h3-4,8-9,12,14H,2,5-7,10-11H2,1H3. The summed E-state index contributed by atoms with van der Waals surface area (Å²) in [6, 6.07) is 2.76. The van der Waals surface area contributed by atoms with E-state index >= 15 is 0 Å². The number of hydrogen-bond donors (Lipinski definition) is 1. The van der Waals surface area contributed by atoms with Crippen LogP contribution in [0.25, 0.3) is 0 Å². The first-order valence-corrected chi connectivity index (χ1v) is 6.29. The average molecular weight is 219 g/mol. The minimum absolute atomic E-state index is 0.648. The third-order valence-electron chi connectivity index (χ3n) is 3.08. The van der Waals surface area contributed by atoms with E-state index in [-0.39, 0.29) is 0 Å². The number of aromatic nitrogens is 2. The molecule has 0 aliphatic heterocycles. The molecule has 1 atom stereocenters. The number of rotatable bonds is 5. The fraction of sp³-hybridized carbons (Fsp3) is 0.615. The van der Waals surface area contributed by atoms with Crippen molar-refractivity contribution in [2.24, 2.45) is 0 Å². The molecule has 1 heterocycles. The molecular formula is C13H21N3. The van der Waals surface area contributed by atoms with Gasteiger partial charge in [-0.15, -0.1) is 0 Å². The van der Waals surface area contributed by atoms with Crippen molar-refractivity contribution in [2.45, 2.75) is 51.7 Å². The first-order chi connectivity index (χ1) is 7.90. The van der Waals surface area contributed by atoms with Crippen molar-refractivity contribution in [3.63, 3.8) is 0 Å². The van der Waals surface area contributed by atoms with Crippen LogP contribution in [-0.2, 0) is 13.1 Å². The van der Waals surface area contributed by atoms with E-state index in [0.717, 1.165) is 19.5 Å². The molecule has 16 heavy (non-hydrogen) atoms. The molecule has 1 aliphatic carbocycles. The molecule has 3 nitrogen and oxygen atoms in total. The van der Waals surface area contributed by atoms with Crippen LogP contribution in [0.5, 0.6) is 0 Å². The van der Waals surface area contributed by atoms with Gasteiger partial charge in [0, 0.05) is 25.3 Å². The van der Waals surface area contributed by atoms with Crippen LogP contribution in [0.2, 0.25) is 0 Å². The third-order valence-corrected chi connectivity index (χ3v) is 3.08. The maximum atomic E-state index is 4.33. The highest BCUT2D eigenvalue weighted by molar-refractivity contribution is 5.01.